The number of hydrogen-bond acceptors (Lipinski definition) is 17. The van der Waals surface area contributed by atoms with Gasteiger partial charge in [0.25, 0.3) is 11.8 Å². The molecule has 5 rings (SSSR count). The zero-order valence-electron chi connectivity index (χ0n) is 37.2. The minimum absolute atomic E-state index is 0.0789. The Kier molecular flexibility index (Phi) is 17.7. The summed E-state index contributed by atoms with van der Waals surface area (Å²) in [5, 5.41) is 3.32. The summed E-state index contributed by atoms with van der Waals surface area (Å²) in [5.74, 6) is -0.567. The molecular formula is C44H61N9O10. The van der Waals surface area contributed by atoms with Crippen LogP contribution in [0.15, 0.2) is 47.7 Å². The fourth-order valence-electron chi connectivity index (χ4n) is 7.09. The van der Waals surface area contributed by atoms with Gasteiger partial charge in [-0.05, 0) is 84.9 Å². The number of benzene rings is 1. The normalized spacial score (nSPS) is 14.8. The topological polar surface area (TPSA) is 222 Å². The second kappa shape index (κ2) is 23.1. The molecule has 2 aliphatic rings. The van der Waals surface area contributed by atoms with Crippen molar-refractivity contribution >= 4 is 59.4 Å². The van der Waals surface area contributed by atoms with Gasteiger partial charge in [-0.3, -0.25) is 29.1 Å². The minimum atomic E-state index is -1.31. The first-order valence-electron chi connectivity index (χ1n) is 21.2. The molecule has 1 saturated heterocycles. The molecule has 0 saturated carbocycles. The Morgan fingerprint density at radius 3 is 2.24 bits per heavy atom. The molecular weight excluding hydrogens is 815 g/mol. The van der Waals surface area contributed by atoms with Crippen LogP contribution in [0.5, 0.6) is 5.75 Å². The molecule has 1 fully saturated rings. The molecule has 4 heterocycles. The Morgan fingerprint density at radius 2 is 1.60 bits per heavy atom. The van der Waals surface area contributed by atoms with Gasteiger partial charge in [0.1, 0.15) is 41.3 Å². The van der Waals surface area contributed by atoms with Gasteiger partial charge in [0.15, 0.2) is 0 Å². The van der Waals surface area contributed by atoms with E-state index in [4.69, 9.17) is 39.1 Å². The van der Waals surface area contributed by atoms with E-state index in [0.717, 1.165) is 36.5 Å². The number of primary amides is 1. The van der Waals surface area contributed by atoms with E-state index in [1.807, 2.05) is 12.1 Å². The third-order valence-electron chi connectivity index (χ3n) is 10.2. The number of ether oxygens (including phenoxy) is 6. The highest BCUT2D eigenvalue weighted by atomic mass is 16.6. The van der Waals surface area contributed by atoms with Crippen molar-refractivity contribution in [2.75, 3.05) is 88.1 Å². The van der Waals surface area contributed by atoms with Crippen LogP contribution in [0.2, 0.25) is 0 Å². The molecule has 3 aromatic rings. The molecule has 2 aromatic heterocycles. The number of rotatable bonds is 25. The first-order chi connectivity index (χ1) is 30.2. The summed E-state index contributed by atoms with van der Waals surface area (Å²) in [6.45, 7) is 17.7. The number of aromatic nitrogens is 3. The number of carbonyl (C=O) groups excluding carboxylic acids is 4. The maximum Gasteiger partial charge on any atom is 0.306 e. The van der Waals surface area contributed by atoms with Gasteiger partial charge in [0, 0.05) is 51.5 Å². The molecule has 342 valence electrons. The number of nitrogens with one attached hydrogen (secondary N) is 1. The van der Waals surface area contributed by atoms with Crippen molar-refractivity contribution in [1.82, 2.24) is 19.9 Å². The molecule has 1 aromatic carbocycles. The monoisotopic (exact) mass is 875 g/mol. The minimum Gasteiger partial charge on any atom is -0.491 e. The maximum atomic E-state index is 13.3. The fraction of sp³-hybridized carbons (Fsp3) is 0.545. The lowest BCUT2D eigenvalue weighted by Crippen LogP contribution is -2.48. The number of anilines is 4. The van der Waals surface area contributed by atoms with Crippen molar-refractivity contribution in [3.63, 3.8) is 0 Å². The lowest BCUT2D eigenvalue weighted by atomic mass is 10.1. The largest absolute Gasteiger partial charge is 0.491 e. The summed E-state index contributed by atoms with van der Waals surface area (Å²) in [4.78, 5) is 74.0. The van der Waals surface area contributed by atoms with E-state index in [9.17, 15) is 19.2 Å². The van der Waals surface area contributed by atoms with Crippen LogP contribution >= 0.6 is 0 Å². The third-order valence-corrected chi connectivity index (χ3v) is 10.2. The SMILES string of the molecule is C=Nc1cnc(Nc2ccnc(N3CCC(OC)CC3)n2)cc1N(CCOCCOCCOCCOc1ccc2c(c1)C(=O)N(C(CCC(=O)OC(C)(C)C)C(N)=O)C2=O)C(C)C. The number of piperidine rings is 1. The number of hydrogen-bond donors (Lipinski definition) is 2. The number of carbonyl (C=O) groups is 4. The molecule has 3 amide bonds. The van der Waals surface area contributed by atoms with Gasteiger partial charge < -0.3 is 49.3 Å². The number of fused-ring (bicyclic) bond motifs is 1. The van der Waals surface area contributed by atoms with Gasteiger partial charge in [-0.15, -0.1) is 0 Å². The van der Waals surface area contributed by atoms with E-state index in [1.54, 1.807) is 46.3 Å². The highest BCUT2D eigenvalue weighted by Crippen LogP contribution is 2.33. The highest BCUT2D eigenvalue weighted by molar-refractivity contribution is 6.23. The summed E-state index contributed by atoms with van der Waals surface area (Å²) >= 11 is 0. The van der Waals surface area contributed by atoms with Gasteiger partial charge >= 0.3 is 5.97 Å². The number of esters is 1. The zero-order chi connectivity index (χ0) is 45.5. The summed E-state index contributed by atoms with van der Waals surface area (Å²) in [6, 6.07) is 7.03. The number of aliphatic imine (C=N–C) groups is 1. The van der Waals surface area contributed by atoms with Crippen molar-refractivity contribution in [2.24, 2.45) is 10.7 Å². The number of nitrogens with two attached hydrogens (primary N) is 1. The average molecular weight is 876 g/mol. The standard InChI is InChI=1S/C44H61N9O10/c1-29(2)52(36-27-38(48-28-34(36)46-6)49-37-12-15-47-43(50-37)51-16-13-30(58-7)14-17-51)18-19-59-20-21-60-22-23-61-24-25-62-31-8-9-32-33(26-31)42(57)53(41(32)56)35(40(45)55)10-11-39(54)63-44(3,4)5/h8-9,12,15,26-30,35H,6,10-11,13-14,16-25H2,1-5,7H3,(H2,45,55)(H,47,48,49,50). The van der Waals surface area contributed by atoms with Crippen LogP contribution in [0.1, 0.15) is 81.0 Å². The highest BCUT2D eigenvalue weighted by Gasteiger charge is 2.42. The number of methoxy groups -OCH3 is 1. The van der Waals surface area contributed by atoms with Crippen molar-refractivity contribution < 1.29 is 47.6 Å². The number of amides is 3. The number of imide groups is 1. The van der Waals surface area contributed by atoms with E-state index in [-0.39, 0.29) is 49.3 Å². The molecule has 3 N–H and O–H groups in total. The molecule has 19 nitrogen and oxygen atoms in total. The van der Waals surface area contributed by atoms with Crippen molar-refractivity contribution in [2.45, 2.75) is 84.1 Å². The first kappa shape index (κ1) is 48.3. The molecule has 1 unspecified atom stereocenters. The summed E-state index contributed by atoms with van der Waals surface area (Å²) in [6.07, 6.45) is 5.20. The van der Waals surface area contributed by atoms with E-state index < -0.39 is 35.3 Å². The van der Waals surface area contributed by atoms with Crippen LogP contribution in [0.3, 0.4) is 0 Å². The van der Waals surface area contributed by atoms with Gasteiger partial charge in [-0.1, -0.05) is 0 Å². The zero-order valence-corrected chi connectivity index (χ0v) is 37.2. The van der Waals surface area contributed by atoms with Crippen LogP contribution < -0.4 is 25.6 Å². The van der Waals surface area contributed by atoms with E-state index in [1.165, 1.54) is 12.1 Å². The fourth-order valence-corrected chi connectivity index (χ4v) is 7.09. The lowest BCUT2D eigenvalue weighted by Gasteiger charge is -2.31. The Labute approximate surface area is 368 Å². The predicted molar refractivity (Wildman–Crippen MR) is 236 cm³/mol. The first-order valence-corrected chi connectivity index (χ1v) is 21.2. The molecule has 19 heteroatoms. The van der Waals surface area contributed by atoms with Crippen molar-refractivity contribution in [1.29, 1.82) is 0 Å². The Bertz CT molecular complexity index is 2040. The smallest absolute Gasteiger partial charge is 0.306 e. The second-order valence-electron chi connectivity index (χ2n) is 16.2. The quantitative estimate of drug-likeness (QED) is 0.0518. The van der Waals surface area contributed by atoms with Gasteiger partial charge in [-0.2, -0.15) is 4.98 Å². The molecule has 1 atom stereocenters. The Morgan fingerprint density at radius 1 is 0.937 bits per heavy atom. The lowest BCUT2D eigenvalue weighted by molar-refractivity contribution is -0.155. The van der Waals surface area contributed by atoms with Gasteiger partial charge in [0.05, 0.1) is 68.8 Å². The molecule has 0 aliphatic carbocycles. The summed E-state index contributed by atoms with van der Waals surface area (Å²) in [5.41, 5.74) is 6.54. The van der Waals surface area contributed by atoms with Crippen molar-refractivity contribution in [3.05, 3.63) is 53.9 Å². The Balaban J connectivity index is 0.984. The van der Waals surface area contributed by atoms with E-state index in [2.05, 4.69) is 50.6 Å². The van der Waals surface area contributed by atoms with E-state index >= 15 is 0 Å². The third kappa shape index (κ3) is 13.9. The van der Waals surface area contributed by atoms with Crippen LogP contribution in [-0.2, 0) is 33.3 Å². The second-order valence-corrected chi connectivity index (χ2v) is 16.2. The van der Waals surface area contributed by atoms with Crippen molar-refractivity contribution in [3.8, 4) is 5.75 Å². The maximum absolute atomic E-state index is 13.3. The summed E-state index contributed by atoms with van der Waals surface area (Å²) in [7, 11) is 1.75. The molecule has 0 radical (unpaired) electrons. The van der Waals surface area contributed by atoms with Gasteiger partial charge in [0.2, 0.25) is 11.9 Å². The predicted octanol–water partition coefficient (Wildman–Crippen LogP) is 4.48. The van der Waals surface area contributed by atoms with Crippen LogP contribution in [0, 0.1) is 0 Å². The Hall–Kier alpha value is -5.76. The van der Waals surface area contributed by atoms with E-state index in [0.29, 0.717) is 68.6 Å². The molecule has 2 aliphatic heterocycles. The van der Waals surface area contributed by atoms with Crippen LogP contribution in [0.25, 0.3) is 0 Å². The van der Waals surface area contributed by atoms with Gasteiger partial charge in [-0.25, -0.2) is 9.97 Å². The van der Waals surface area contributed by atoms with Crippen LogP contribution in [0.4, 0.5) is 29.0 Å². The molecule has 0 spiro atoms. The molecule has 63 heavy (non-hydrogen) atoms. The average Bonchev–Trinajstić information content (AvgIpc) is 3.49. The summed E-state index contributed by atoms with van der Waals surface area (Å²) < 4.78 is 33.7. The molecule has 0 bridgehead atoms. The van der Waals surface area contributed by atoms with Crippen LogP contribution in [-0.4, -0.2) is 147 Å². The number of nitrogens with zero attached hydrogens (tertiary/aromatic N) is 7. The number of pyridine rings is 1.